The van der Waals surface area contributed by atoms with Crippen LogP contribution < -0.4 is 9.04 Å². The lowest BCUT2D eigenvalue weighted by atomic mass is 9.91. The molecule has 0 spiro atoms. The second-order valence-electron chi connectivity index (χ2n) is 6.75. The van der Waals surface area contributed by atoms with E-state index >= 15 is 0 Å². The lowest BCUT2D eigenvalue weighted by molar-refractivity contribution is -0.144. The van der Waals surface area contributed by atoms with Gasteiger partial charge in [-0.2, -0.15) is 0 Å². The maximum Gasteiger partial charge on any atom is 0.329 e. The minimum atomic E-state index is -2.39. The number of ether oxygens (including phenoxy) is 3. The zero-order valence-corrected chi connectivity index (χ0v) is 17.3. The molecule has 2 aromatic carbocycles. The van der Waals surface area contributed by atoms with Crippen molar-refractivity contribution < 1.29 is 27.8 Å². The van der Waals surface area contributed by atoms with Gasteiger partial charge in [-0.15, -0.1) is 0 Å². The Morgan fingerprint density at radius 2 is 1.62 bits per heavy atom. The van der Waals surface area contributed by atoms with Gasteiger partial charge < -0.3 is 14.2 Å². The number of esters is 1. The normalized spacial score (nSPS) is 16.7. The van der Waals surface area contributed by atoms with Crippen molar-refractivity contribution in [2.75, 3.05) is 31.7 Å². The fourth-order valence-corrected chi connectivity index (χ4v) is 4.32. The Labute approximate surface area is 173 Å². The Hall–Kier alpha value is -2.42. The van der Waals surface area contributed by atoms with Crippen LogP contribution in [0.3, 0.4) is 0 Å². The van der Waals surface area contributed by atoms with Crippen molar-refractivity contribution in [3.05, 3.63) is 48.5 Å². The predicted molar refractivity (Wildman–Crippen MR) is 111 cm³/mol. The number of rotatable bonds is 7. The molecule has 1 aliphatic heterocycles. The monoisotopic (exact) mass is 419 g/mol. The largest absolute Gasteiger partial charge is 0.497 e. The average Bonchev–Trinajstić information content (AvgIpc) is 2.77. The van der Waals surface area contributed by atoms with Crippen molar-refractivity contribution in [3.63, 3.8) is 0 Å². The number of hydrogen-bond acceptors (Lipinski definition) is 5. The molecule has 156 valence electrons. The third kappa shape index (κ3) is 4.95. The van der Waals surface area contributed by atoms with E-state index in [1.54, 1.807) is 19.2 Å². The highest BCUT2D eigenvalue weighted by Gasteiger charge is 2.38. The summed E-state index contributed by atoms with van der Waals surface area (Å²) in [7, 11) is 2.91. The standard InChI is InChI=1S/C21H25NO6S/c1-26-19-9-5-16(6-10-19)15-3-7-18(8-4-15)22(29(24)25)20(21(23)27-2)17-11-13-28-14-12-17/h3-10,17,20H,11-14H2,1-2H3,(H,24,25). The summed E-state index contributed by atoms with van der Waals surface area (Å²) >= 11 is -2.39. The van der Waals surface area contributed by atoms with Crippen molar-refractivity contribution in [1.29, 1.82) is 0 Å². The molecule has 1 fully saturated rings. The molecule has 3 rings (SSSR count). The van der Waals surface area contributed by atoms with E-state index in [9.17, 15) is 13.6 Å². The quantitative estimate of drug-likeness (QED) is 0.548. The first kappa shape index (κ1) is 21.3. The van der Waals surface area contributed by atoms with Crippen molar-refractivity contribution in [1.82, 2.24) is 0 Å². The molecule has 0 radical (unpaired) electrons. The molecule has 0 aromatic heterocycles. The first-order valence-corrected chi connectivity index (χ1v) is 10.4. The van der Waals surface area contributed by atoms with Gasteiger partial charge in [-0.05, 0) is 54.2 Å². The molecule has 0 saturated carbocycles. The molecule has 29 heavy (non-hydrogen) atoms. The van der Waals surface area contributed by atoms with Gasteiger partial charge in [-0.25, -0.2) is 9.00 Å². The number of carbonyl (C=O) groups is 1. The Kier molecular flexibility index (Phi) is 7.24. The number of benzene rings is 2. The summed E-state index contributed by atoms with van der Waals surface area (Å²) in [5, 5.41) is 0. The van der Waals surface area contributed by atoms with Crippen LogP contribution in [-0.2, 0) is 25.5 Å². The van der Waals surface area contributed by atoms with E-state index in [0.717, 1.165) is 16.9 Å². The third-order valence-corrected chi connectivity index (χ3v) is 5.90. The molecule has 8 heteroatoms. The number of methoxy groups -OCH3 is 2. The van der Waals surface area contributed by atoms with Gasteiger partial charge in [0, 0.05) is 13.2 Å². The van der Waals surface area contributed by atoms with Gasteiger partial charge in [0.1, 0.15) is 11.8 Å². The predicted octanol–water partition coefficient (Wildman–Crippen LogP) is 3.27. The van der Waals surface area contributed by atoms with E-state index in [1.165, 1.54) is 11.4 Å². The van der Waals surface area contributed by atoms with Crippen LogP contribution in [0.4, 0.5) is 5.69 Å². The number of carbonyl (C=O) groups excluding carboxylic acids is 1. The van der Waals surface area contributed by atoms with Crippen LogP contribution in [0.5, 0.6) is 5.75 Å². The molecular formula is C21H25NO6S. The van der Waals surface area contributed by atoms with Gasteiger partial charge in [0.15, 0.2) is 0 Å². The molecule has 2 unspecified atom stereocenters. The van der Waals surface area contributed by atoms with Crippen LogP contribution in [0, 0.1) is 5.92 Å². The first-order valence-electron chi connectivity index (χ1n) is 9.35. The summed E-state index contributed by atoms with van der Waals surface area (Å²) in [5.74, 6) is 0.108. The van der Waals surface area contributed by atoms with Gasteiger partial charge in [0.2, 0.25) is 0 Å². The van der Waals surface area contributed by atoms with E-state index < -0.39 is 23.3 Å². The highest BCUT2D eigenvalue weighted by molar-refractivity contribution is 7.80. The smallest absolute Gasteiger partial charge is 0.329 e. The fraction of sp³-hybridized carbons (Fsp3) is 0.381. The Morgan fingerprint density at radius 3 is 2.10 bits per heavy atom. The maximum atomic E-state index is 12.5. The first-order chi connectivity index (χ1) is 14.0. The summed E-state index contributed by atoms with van der Waals surface area (Å²) in [6.07, 6.45) is 1.24. The molecule has 1 aliphatic rings. The highest BCUT2D eigenvalue weighted by atomic mass is 32.2. The average molecular weight is 419 g/mol. The van der Waals surface area contributed by atoms with Crippen LogP contribution in [0.2, 0.25) is 0 Å². The van der Waals surface area contributed by atoms with Gasteiger partial charge in [0.25, 0.3) is 11.3 Å². The maximum absolute atomic E-state index is 12.5. The third-order valence-electron chi connectivity index (χ3n) is 5.12. The minimum Gasteiger partial charge on any atom is -0.497 e. The minimum absolute atomic E-state index is 0.131. The van der Waals surface area contributed by atoms with Gasteiger partial charge >= 0.3 is 5.97 Å². The summed E-state index contributed by atoms with van der Waals surface area (Å²) in [4.78, 5) is 12.5. The van der Waals surface area contributed by atoms with Crippen LogP contribution in [-0.4, -0.2) is 48.2 Å². The second kappa shape index (κ2) is 9.87. The SMILES string of the molecule is COC(=O)C(C1CCOCC1)N(c1ccc(-c2ccc(OC)cc2)cc1)S(=O)O. The number of anilines is 1. The van der Waals surface area contributed by atoms with Gasteiger partial charge in [-0.1, -0.05) is 24.3 Å². The van der Waals surface area contributed by atoms with Crippen molar-refractivity contribution in [2.45, 2.75) is 18.9 Å². The molecular weight excluding hydrogens is 394 g/mol. The van der Waals surface area contributed by atoms with Crippen LogP contribution >= 0.6 is 0 Å². The van der Waals surface area contributed by atoms with E-state index in [0.29, 0.717) is 31.7 Å². The Bertz CT molecular complexity index is 833. The molecule has 7 nitrogen and oxygen atoms in total. The second-order valence-corrected chi connectivity index (χ2v) is 7.60. The number of nitrogens with zero attached hydrogens (tertiary/aromatic N) is 1. The Morgan fingerprint density at radius 1 is 1.07 bits per heavy atom. The zero-order valence-electron chi connectivity index (χ0n) is 16.4. The van der Waals surface area contributed by atoms with Gasteiger partial charge in [-0.3, -0.25) is 8.86 Å². The lowest BCUT2D eigenvalue weighted by Crippen LogP contribution is -2.49. The molecule has 0 bridgehead atoms. The molecule has 2 aromatic rings. The van der Waals surface area contributed by atoms with Crippen molar-refractivity contribution in [3.8, 4) is 16.9 Å². The van der Waals surface area contributed by atoms with Crippen LogP contribution in [0.15, 0.2) is 48.5 Å². The van der Waals surface area contributed by atoms with Crippen LogP contribution in [0.1, 0.15) is 12.8 Å². The van der Waals surface area contributed by atoms with Crippen LogP contribution in [0.25, 0.3) is 11.1 Å². The van der Waals surface area contributed by atoms with E-state index in [2.05, 4.69) is 0 Å². The number of hydrogen-bond donors (Lipinski definition) is 1. The zero-order chi connectivity index (χ0) is 20.8. The summed E-state index contributed by atoms with van der Waals surface area (Å²) in [6.45, 7) is 1.03. The molecule has 0 aliphatic carbocycles. The highest BCUT2D eigenvalue weighted by Crippen LogP contribution is 2.31. The molecule has 0 amide bonds. The fourth-order valence-electron chi connectivity index (χ4n) is 3.56. The molecule has 1 heterocycles. The summed E-state index contributed by atoms with van der Waals surface area (Å²) < 4.78 is 38.9. The lowest BCUT2D eigenvalue weighted by Gasteiger charge is -2.35. The Balaban J connectivity index is 1.90. The van der Waals surface area contributed by atoms with Crippen molar-refractivity contribution >= 4 is 22.9 Å². The van der Waals surface area contributed by atoms with E-state index in [4.69, 9.17) is 14.2 Å². The topological polar surface area (TPSA) is 85.3 Å². The molecule has 2 atom stereocenters. The summed E-state index contributed by atoms with van der Waals surface area (Å²) in [6, 6.07) is 14.0. The molecule has 1 N–H and O–H groups in total. The van der Waals surface area contributed by atoms with E-state index in [1.807, 2.05) is 36.4 Å². The summed E-state index contributed by atoms with van der Waals surface area (Å²) in [5.41, 5.74) is 2.41. The molecule has 1 saturated heterocycles. The van der Waals surface area contributed by atoms with Gasteiger partial charge in [0.05, 0.1) is 19.9 Å². The van der Waals surface area contributed by atoms with Crippen molar-refractivity contribution in [2.24, 2.45) is 5.92 Å². The van der Waals surface area contributed by atoms with E-state index in [-0.39, 0.29) is 5.92 Å².